The zero-order chi connectivity index (χ0) is 17.1. The van der Waals surface area contributed by atoms with Gasteiger partial charge < -0.3 is 10.0 Å². The lowest BCUT2D eigenvalue weighted by Gasteiger charge is -2.22. The minimum atomic E-state index is -1.09. The summed E-state index contributed by atoms with van der Waals surface area (Å²) in [5, 5.41) is 9.04. The second-order valence-corrected chi connectivity index (χ2v) is 5.84. The topological polar surface area (TPSA) is 70.5 Å². The Kier molecular flexibility index (Phi) is 4.55. The molecule has 5 nitrogen and oxygen atoms in total. The minimum Gasteiger partial charge on any atom is -0.478 e. The van der Waals surface area contributed by atoms with Gasteiger partial charge in [0.15, 0.2) is 0 Å². The molecule has 1 amide bonds. The summed E-state index contributed by atoms with van der Waals surface area (Å²) in [6, 6.07) is 9.11. The molecule has 0 saturated heterocycles. The Morgan fingerprint density at radius 1 is 1.25 bits per heavy atom. The van der Waals surface area contributed by atoms with E-state index < -0.39 is 5.97 Å². The number of benzene rings is 1. The maximum Gasteiger partial charge on any atom is 0.335 e. The van der Waals surface area contributed by atoms with Gasteiger partial charge >= 0.3 is 5.97 Å². The molecule has 0 spiro atoms. The highest BCUT2D eigenvalue weighted by atomic mass is 19.1. The van der Waals surface area contributed by atoms with E-state index in [4.69, 9.17) is 5.11 Å². The molecule has 0 unspecified atom stereocenters. The summed E-state index contributed by atoms with van der Waals surface area (Å²) in [6.45, 7) is 0.450. The molecule has 24 heavy (non-hydrogen) atoms. The number of aromatic nitrogens is 1. The summed E-state index contributed by atoms with van der Waals surface area (Å²) in [5.41, 5.74) is 0.982. The lowest BCUT2D eigenvalue weighted by Crippen LogP contribution is -2.35. The summed E-state index contributed by atoms with van der Waals surface area (Å²) in [6.07, 6.45) is 3.72. The van der Waals surface area contributed by atoms with Crippen LogP contribution >= 0.6 is 0 Å². The predicted octanol–water partition coefficient (Wildman–Crippen LogP) is 2.77. The van der Waals surface area contributed by atoms with Crippen LogP contribution in [-0.4, -0.2) is 39.5 Å². The van der Waals surface area contributed by atoms with Gasteiger partial charge in [0.1, 0.15) is 11.5 Å². The normalized spacial score (nSPS) is 13.5. The number of carboxylic acid groups (broad SMARTS) is 1. The van der Waals surface area contributed by atoms with Crippen molar-refractivity contribution in [1.29, 1.82) is 0 Å². The molecule has 0 radical (unpaired) electrons. The molecule has 3 rings (SSSR count). The fourth-order valence-electron chi connectivity index (χ4n) is 2.61. The van der Waals surface area contributed by atoms with Crippen LogP contribution in [0.5, 0.6) is 0 Å². The van der Waals surface area contributed by atoms with Crippen LogP contribution in [0.4, 0.5) is 4.39 Å². The molecule has 6 heteroatoms. The first-order valence-electron chi connectivity index (χ1n) is 7.79. The van der Waals surface area contributed by atoms with Crippen LogP contribution in [-0.2, 0) is 6.42 Å². The number of hydrogen-bond acceptors (Lipinski definition) is 3. The van der Waals surface area contributed by atoms with Crippen molar-refractivity contribution in [2.45, 2.75) is 25.3 Å². The zero-order valence-corrected chi connectivity index (χ0v) is 13.0. The van der Waals surface area contributed by atoms with Crippen molar-refractivity contribution >= 4 is 11.9 Å². The Morgan fingerprint density at radius 3 is 2.71 bits per heavy atom. The summed E-state index contributed by atoms with van der Waals surface area (Å²) < 4.78 is 13.3. The first-order valence-corrected chi connectivity index (χ1v) is 7.79. The number of halogens is 1. The monoisotopic (exact) mass is 328 g/mol. The SMILES string of the molecule is O=C(O)c1ccnc(C(=O)N(CCc2cccc(F)c2)C2CC2)c1. The quantitative estimate of drug-likeness (QED) is 0.885. The van der Waals surface area contributed by atoms with E-state index in [1.54, 1.807) is 11.0 Å². The molecular formula is C18H17FN2O3. The van der Waals surface area contributed by atoms with Crippen molar-refractivity contribution in [3.63, 3.8) is 0 Å². The van der Waals surface area contributed by atoms with Gasteiger partial charge in [-0.3, -0.25) is 9.78 Å². The first kappa shape index (κ1) is 16.1. The molecule has 1 aliphatic carbocycles. The van der Waals surface area contributed by atoms with E-state index in [2.05, 4.69) is 4.98 Å². The molecule has 1 saturated carbocycles. The number of pyridine rings is 1. The highest BCUT2D eigenvalue weighted by Gasteiger charge is 2.33. The van der Waals surface area contributed by atoms with Crippen LogP contribution in [0.15, 0.2) is 42.6 Å². The summed E-state index contributed by atoms with van der Waals surface area (Å²) in [7, 11) is 0. The van der Waals surface area contributed by atoms with Gasteiger partial charge in [-0.15, -0.1) is 0 Å². The number of amides is 1. The zero-order valence-electron chi connectivity index (χ0n) is 13.0. The van der Waals surface area contributed by atoms with Crippen molar-refractivity contribution in [1.82, 2.24) is 9.88 Å². The van der Waals surface area contributed by atoms with E-state index in [9.17, 15) is 14.0 Å². The molecule has 2 aromatic rings. The molecule has 1 aromatic carbocycles. The lowest BCUT2D eigenvalue weighted by atomic mass is 10.1. The van der Waals surface area contributed by atoms with Gasteiger partial charge in [0.05, 0.1) is 5.56 Å². The average molecular weight is 328 g/mol. The van der Waals surface area contributed by atoms with E-state index in [1.165, 1.54) is 30.5 Å². The fraction of sp³-hybridized carbons (Fsp3) is 0.278. The lowest BCUT2D eigenvalue weighted by molar-refractivity contribution is 0.0696. The highest BCUT2D eigenvalue weighted by molar-refractivity contribution is 5.96. The van der Waals surface area contributed by atoms with Crippen molar-refractivity contribution in [3.8, 4) is 0 Å². The standard InChI is InChI=1S/C18H17FN2O3/c19-14-3-1-2-12(10-14)7-9-21(15-4-5-15)17(22)16-11-13(18(23)24)6-8-20-16/h1-3,6,8,10-11,15H,4-5,7,9H2,(H,23,24). The van der Waals surface area contributed by atoms with Gasteiger partial charge in [-0.05, 0) is 49.1 Å². The van der Waals surface area contributed by atoms with Crippen LogP contribution in [0.2, 0.25) is 0 Å². The molecular weight excluding hydrogens is 311 g/mol. The Bertz CT molecular complexity index is 774. The first-order chi connectivity index (χ1) is 11.5. The number of carbonyl (C=O) groups excluding carboxylic acids is 1. The van der Waals surface area contributed by atoms with Gasteiger partial charge in [-0.2, -0.15) is 0 Å². The maximum atomic E-state index is 13.3. The van der Waals surface area contributed by atoms with E-state index >= 15 is 0 Å². The summed E-state index contributed by atoms with van der Waals surface area (Å²) in [5.74, 6) is -1.67. The summed E-state index contributed by atoms with van der Waals surface area (Å²) in [4.78, 5) is 29.4. The van der Waals surface area contributed by atoms with Crippen molar-refractivity contribution in [3.05, 3.63) is 65.2 Å². The van der Waals surface area contributed by atoms with Crippen LogP contribution in [0.3, 0.4) is 0 Å². The minimum absolute atomic E-state index is 0.0363. The number of carboxylic acids is 1. The molecule has 0 atom stereocenters. The van der Waals surface area contributed by atoms with Crippen molar-refractivity contribution in [2.75, 3.05) is 6.54 Å². The molecule has 1 N–H and O–H groups in total. The largest absolute Gasteiger partial charge is 0.478 e. The Labute approximate surface area is 138 Å². The molecule has 1 heterocycles. The second kappa shape index (κ2) is 6.78. The molecule has 0 bridgehead atoms. The van der Waals surface area contributed by atoms with Gasteiger partial charge in [-0.1, -0.05) is 12.1 Å². The molecule has 124 valence electrons. The molecule has 0 aliphatic heterocycles. The second-order valence-electron chi connectivity index (χ2n) is 5.84. The molecule has 1 fully saturated rings. The number of carbonyl (C=O) groups is 2. The number of rotatable bonds is 6. The van der Waals surface area contributed by atoms with Crippen LogP contribution in [0, 0.1) is 5.82 Å². The van der Waals surface area contributed by atoms with E-state index in [0.29, 0.717) is 13.0 Å². The third kappa shape index (κ3) is 3.76. The highest BCUT2D eigenvalue weighted by Crippen LogP contribution is 2.28. The Morgan fingerprint density at radius 2 is 2.04 bits per heavy atom. The van der Waals surface area contributed by atoms with Gasteiger partial charge in [0.25, 0.3) is 5.91 Å². The third-order valence-electron chi connectivity index (χ3n) is 4.00. The predicted molar refractivity (Wildman–Crippen MR) is 85.4 cm³/mol. The van der Waals surface area contributed by atoms with Crippen molar-refractivity contribution < 1.29 is 19.1 Å². The van der Waals surface area contributed by atoms with E-state index in [0.717, 1.165) is 18.4 Å². The smallest absolute Gasteiger partial charge is 0.335 e. The number of nitrogens with zero attached hydrogens (tertiary/aromatic N) is 2. The van der Waals surface area contributed by atoms with Gasteiger partial charge in [0, 0.05) is 18.8 Å². The Balaban J connectivity index is 1.74. The molecule has 1 aliphatic rings. The van der Waals surface area contributed by atoms with E-state index in [1.807, 2.05) is 6.07 Å². The number of aromatic carboxylic acids is 1. The number of hydrogen-bond donors (Lipinski definition) is 1. The molecule has 1 aromatic heterocycles. The van der Waals surface area contributed by atoms with Crippen LogP contribution in [0.1, 0.15) is 39.3 Å². The van der Waals surface area contributed by atoms with Crippen molar-refractivity contribution in [2.24, 2.45) is 0 Å². The van der Waals surface area contributed by atoms with Gasteiger partial charge in [0.2, 0.25) is 0 Å². The van der Waals surface area contributed by atoms with Crippen LogP contribution in [0.25, 0.3) is 0 Å². The summed E-state index contributed by atoms with van der Waals surface area (Å²) >= 11 is 0. The average Bonchev–Trinajstić information content (AvgIpc) is 3.40. The van der Waals surface area contributed by atoms with Crippen LogP contribution < -0.4 is 0 Å². The van der Waals surface area contributed by atoms with Gasteiger partial charge in [-0.25, -0.2) is 9.18 Å². The maximum absolute atomic E-state index is 13.3. The van der Waals surface area contributed by atoms with E-state index in [-0.39, 0.29) is 29.0 Å². The third-order valence-corrected chi connectivity index (χ3v) is 4.00. The Hall–Kier alpha value is -2.76. The fourth-order valence-corrected chi connectivity index (χ4v) is 2.61.